The van der Waals surface area contributed by atoms with E-state index in [4.69, 9.17) is 5.73 Å². The van der Waals surface area contributed by atoms with Gasteiger partial charge in [-0.05, 0) is 36.5 Å². The Kier molecular flexibility index (Phi) is 4.53. The first-order valence-electron chi connectivity index (χ1n) is 8.34. The molecule has 0 bridgehead atoms. The van der Waals surface area contributed by atoms with Crippen LogP contribution in [0.15, 0.2) is 42.5 Å². The summed E-state index contributed by atoms with van der Waals surface area (Å²) < 4.78 is 1.99. The summed E-state index contributed by atoms with van der Waals surface area (Å²) in [6.45, 7) is 3.57. The van der Waals surface area contributed by atoms with Crippen LogP contribution in [0.25, 0.3) is 11.3 Å². The second-order valence-electron chi connectivity index (χ2n) is 6.55. The normalized spacial score (nSPS) is 21.4. The molecule has 23 heavy (non-hydrogen) atoms. The van der Waals surface area contributed by atoms with Crippen molar-refractivity contribution in [1.29, 1.82) is 0 Å². The van der Waals surface area contributed by atoms with E-state index in [-0.39, 0.29) is 11.9 Å². The number of nitrogens with zero attached hydrogens (tertiary/aromatic N) is 2. The fourth-order valence-corrected chi connectivity index (χ4v) is 3.51. The molecule has 4 heteroatoms. The van der Waals surface area contributed by atoms with E-state index in [1.807, 2.05) is 46.8 Å². The number of rotatable bonds is 3. The van der Waals surface area contributed by atoms with Crippen LogP contribution in [0.3, 0.4) is 0 Å². The van der Waals surface area contributed by atoms with Crippen LogP contribution in [0.5, 0.6) is 0 Å². The number of nitrogens with two attached hydrogens (primary N) is 1. The summed E-state index contributed by atoms with van der Waals surface area (Å²) in [7, 11) is 1.96. The Balaban J connectivity index is 1.87. The van der Waals surface area contributed by atoms with Gasteiger partial charge >= 0.3 is 0 Å². The van der Waals surface area contributed by atoms with E-state index in [0.29, 0.717) is 12.5 Å². The Hall–Kier alpha value is -2.07. The van der Waals surface area contributed by atoms with Crippen LogP contribution in [0.4, 0.5) is 0 Å². The summed E-state index contributed by atoms with van der Waals surface area (Å²) in [5.41, 5.74) is 8.82. The highest BCUT2D eigenvalue weighted by atomic mass is 16.2. The molecule has 1 aromatic heterocycles. The first-order valence-corrected chi connectivity index (χ1v) is 8.34. The predicted octanol–water partition coefficient (Wildman–Crippen LogP) is 2.89. The molecule has 1 aliphatic heterocycles. The molecule has 3 rings (SSSR count). The lowest BCUT2D eigenvalue weighted by Gasteiger charge is -2.38. The van der Waals surface area contributed by atoms with Gasteiger partial charge in [0.1, 0.15) is 5.69 Å². The second kappa shape index (κ2) is 6.59. The SMILES string of the molecule is CC1CCN(C(=O)c2ccc(-c3ccccc3)n2C)C(CN)C1. The molecule has 0 spiro atoms. The Morgan fingerprint density at radius 3 is 2.65 bits per heavy atom. The third kappa shape index (κ3) is 3.04. The molecule has 2 N–H and O–H groups in total. The number of benzene rings is 1. The second-order valence-corrected chi connectivity index (χ2v) is 6.55. The van der Waals surface area contributed by atoms with Crippen LogP contribution in [-0.4, -0.2) is 34.5 Å². The number of piperidine rings is 1. The highest BCUT2D eigenvalue weighted by Gasteiger charge is 2.30. The van der Waals surface area contributed by atoms with Gasteiger partial charge in [-0.25, -0.2) is 0 Å². The molecule has 1 saturated heterocycles. The Bertz CT molecular complexity index is 677. The topological polar surface area (TPSA) is 51.3 Å². The average molecular weight is 311 g/mol. The van der Waals surface area contributed by atoms with E-state index in [0.717, 1.165) is 36.3 Å². The molecule has 1 aliphatic rings. The van der Waals surface area contributed by atoms with Crippen molar-refractivity contribution in [1.82, 2.24) is 9.47 Å². The van der Waals surface area contributed by atoms with Crippen LogP contribution in [-0.2, 0) is 7.05 Å². The Morgan fingerprint density at radius 1 is 1.22 bits per heavy atom. The van der Waals surface area contributed by atoms with E-state index in [1.165, 1.54) is 0 Å². The molecule has 0 saturated carbocycles. The third-order valence-corrected chi connectivity index (χ3v) is 4.92. The Labute approximate surface area is 137 Å². The van der Waals surface area contributed by atoms with Gasteiger partial charge in [0.05, 0.1) is 0 Å². The summed E-state index contributed by atoms with van der Waals surface area (Å²) in [6.07, 6.45) is 2.05. The molecule has 2 atom stereocenters. The summed E-state index contributed by atoms with van der Waals surface area (Å²) in [5, 5.41) is 0. The number of hydrogen-bond donors (Lipinski definition) is 1. The molecule has 2 unspecified atom stereocenters. The van der Waals surface area contributed by atoms with Crippen LogP contribution in [0.2, 0.25) is 0 Å². The molecule has 0 aliphatic carbocycles. The van der Waals surface area contributed by atoms with Gasteiger partial charge in [0, 0.05) is 31.9 Å². The number of aromatic nitrogens is 1. The molecular formula is C19H25N3O. The summed E-state index contributed by atoms with van der Waals surface area (Å²) >= 11 is 0. The van der Waals surface area contributed by atoms with Gasteiger partial charge in [-0.3, -0.25) is 4.79 Å². The van der Waals surface area contributed by atoms with Crippen molar-refractivity contribution >= 4 is 5.91 Å². The lowest BCUT2D eigenvalue weighted by atomic mass is 9.92. The zero-order valence-corrected chi connectivity index (χ0v) is 13.9. The molecule has 0 radical (unpaired) electrons. The zero-order chi connectivity index (χ0) is 16.4. The molecule has 1 amide bonds. The van der Waals surface area contributed by atoms with Gasteiger partial charge in [0.15, 0.2) is 0 Å². The van der Waals surface area contributed by atoms with Gasteiger partial charge in [-0.2, -0.15) is 0 Å². The van der Waals surface area contributed by atoms with Crippen molar-refractivity contribution in [2.45, 2.75) is 25.8 Å². The summed E-state index contributed by atoms with van der Waals surface area (Å²) in [4.78, 5) is 15.0. The maximum atomic E-state index is 13.0. The highest BCUT2D eigenvalue weighted by molar-refractivity contribution is 5.94. The first kappa shape index (κ1) is 15.8. The van der Waals surface area contributed by atoms with E-state index < -0.39 is 0 Å². The molecule has 1 fully saturated rings. The van der Waals surface area contributed by atoms with Crippen molar-refractivity contribution in [2.75, 3.05) is 13.1 Å². The lowest BCUT2D eigenvalue weighted by Crippen LogP contribution is -2.49. The van der Waals surface area contributed by atoms with E-state index in [1.54, 1.807) is 0 Å². The smallest absolute Gasteiger partial charge is 0.270 e. The monoisotopic (exact) mass is 311 g/mol. The molecule has 2 heterocycles. The van der Waals surface area contributed by atoms with Crippen molar-refractivity contribution in [3.63, 3.8) is 0 Å². The molecule has 4 nitrogen and oxygen atoms in total. The van der Waals surface area contributed by atoms with E-state index >= 15 is 0 Å². The largest absolute Gasteiger partial charge is 0.340 e. The van der Waals surface area contributed by atoms with E-state index in [9.17, 15) is 4.79 Å². The molecule has 122 valence electrons. The van der Waals surface area contributed by atoms with Crippen molar-refractivity contribution in [3.8, 4) is 11.3 Å². The van der Waals surface area contributed by atoms with Crippen LogP contribution in [0, 0.1) is 5.92 Å². The van der Waals surface area contributed by atoms with Crippen molar-refractivity contribution < 1.29 is 4.79 Å². The minimum Gasteiger partial charge on any atom is -0.340 e. The Morgan fingerprint density at radius 2 is 1.96 bits per heavy atom. The first-order chi connectivity index (χ1) is 11.1. The number of carbonyl (C=O) groups is 1. The summed E-state index contributed by atoms with van der Waals surface area (Å²) in [6, 6.07) is 14.3. The van der Waals surface area contributed by atoms with Crippen molar-refractivity contribution in [2.24, 2.45) is 18.7 Å². The van der Waals surface area contributed by atoms with Crippen LogP contribution < -0.4 is 5.73 Å². The molecule has 1 aromatic carbocycles. The number of hydrogen-bond acceptors (Lipinski definition) is 2. The van der Waals surface area contributed by atoms with Gasteiger partial charge in [0.2, 0.25) is 0 Å². The molecule has 2 aromatic rings. The maximum absolute atomic E-state index is 13.0. The average Bonchev–Trinajstić information content (AvgIpc) is 2.96. The lowest BCUT2D eigenvalue weighted by molar-refractivity contribution is 0.0564. The minimum absolute atomic E-state index is 0.0945. The minimum atomic E-state index is 0.0945. The van der Waals surface area contributed by atoms with E-state index in [2.05, 4.69) is 19.1 Å². The third-order valence-electron chi connectivity index (χ3n) is 4.92. The maximum Gasteiger partial charge on any atom is 0.270 e. The quantitative estimate of drug-likeness (QED) is 0.947. The van der Waals surface area contributed by atoms with Crippen molar-refractivity contribution in [3.05, 3.63) is 48.2 Å². The number of amides is 1. The van der Waals surface area contributed by atoms with Gasteiger partial charge < -0.3 is 15.2 Å². The predicted molar refractivity (Wildman–Crippen MR) is 93.1 cm³/mol. The fourth-order valence-electron chi connectivity index (χ4n) is 3.51. The number of carbonyl (C=O) groups excluding carboxylic acids is 1. The summed E-state index contributed by atoms with van der Waals surface area (Å²) in [5.74, 6) is 0.734. The fraction of sp³-hybridized carbons (Fsp3) is 0.421. The van der Waals surface area contributed by atoms with Gasteiger partial charge in [-0.15, -0.1) is 0 Å². The van der Waals surface area contributed by atoms with Gasteiger partial charge in [-0.1, -0.05) is 37.3 Å². The molecular weight excluding hydrogens is 286 g/mol. The number of likely N-dealkylation sites (tertiary alicyclic amines) is 1. The van der Waals surface area contributed by atoms with Crippen LogP contribution in [0.1, 0.15) is 30.3 Å². The van der Waals surface area contributed by atoms with Gasteiger partial charge in [0.25, 0.3) is 5.91 Å². The highest BCUT2D eigenvalue weighted by Crippen LogP contribution is 2.26. The standard InChI is InChI=1S/C19H25N3O/c1-14-10-11-22(16(12-14)13-20)19(23)18-9-8-17(21(18)2)15-6-4-3-5-7-15/h3-9,14,16H,10-13,20H2,1-2H3. The van der Waals surface area contributed by atoms with Crippen LogP contribution >= 0.6 is 0 Å². The zero-order valence-electron chi connectivity index (χ0n) is 13.9.